The molecule has 3 nitrogen and oxygen atoms in total. The third-order valence-corrected chi connectivity index (χ3v) is 2.64. The van der Waals surface area contributed by atoms with E-state index in [2.05, 4.69) is 17.3 Å². The van der Waals surface area contributed by atoms with Gasteiger partial charge in [0.05, 0.1) is 0 Å². The zero-order chi connectivity index (χ0) is 12.1. The minimum absolute atomic E-state index is 0.223. The lowest BCUT2D eigenvalue weighted by Crippen LogP contribution is -2.14. The van der Waals surface area contributed by atoms with Crippen molar-refractivity contribution in [3.63, 3.8) is 0 Å². The third kappa shape index (κ3) is 2.52. The Morgan fingerprint density at radius 1 is 0.941 bits per heavy atom. The fourth-order valence-electron chi connectivity index (χ4n) is 1.70. The van der Waals surface area contributed by atoms with Gasteiger partial charge in [0.15, 0.2) is 0 Å². The van der Waals surface area contributed by atoms with Gasteiger partial charge in [-0.05, 0) is 11.1 Å². The molecule has 3 N–H and O–H groups in total. The monoisotopic (exact) mass is 226 g/mol. The maximum atomic E-state index is 8.77. The summed E-state index contributed by atoms with van der Waals surface area (Å²) < 4.78 is 0. The number of nitrogens with zero attached hydrogens (tertiary/aromatic N) is 1. The molecule has 0 aromatic heterocycles. The van der Waals surface area contributed by atoms with E-state index in [4.69, 9.17) is 10.9 Å². The van der Waals surface area contributed by atoms with E-state index in [1.165, 1.54) is 0 Å². The average molecular weight is 226 g/mol. The second-order valence-corrected chi connectivity index (χ2v) is 3.69. The molecule has 2 aromatic rings. The molecule has 0 bridgehead atoms. The Bertz CT molecular complexity index is 504. The summed E-state index contributed by atoms with van der Waals surface area (Å²) in [5.41, 5.74) is 9.10. The third-order valence-electron chi connectivity index (χ3n) is 2.64. The molecule has 0 heterocycles. The van der Waals surface area contributed by atoms with E-state index in [0.29, 0.717) is 5.71 Å². The Hall–Kier alpha value is -2.13. The van der Waals surface area contributed by atoms with Gasteiger partial charge in [-0.2, -0.15) is 0 Å². The van der Waals surface area contributed by atoms with Crippen LogP contribution in [0.15, 0.2) is 59.8 Å². The van der Waals surface area contributed by atoms with Crippen LogP contribution in [0, 0.1) is 0 Å². The Kier molecular flexibility index (Phi) is 3.52. The summed E-state index contributed by atoms with van der Waals surface area (Å²) in [6.45, 7) is 0.223. The van der Waals surface area contributed by atoms with Crippen molar-refractivity contribution in [1.29, 1.82) is 0 Å². The fourth-order valence-corrected chi connectivity index (χ4v) is 1.70. The van der Waals surface area contributed by atoms with Crippen molar-refractivity contribution in [3.05, 3.63) is 60.2 Å². The van der Waals surface area contributed by atoms with Gasteiger partial charge in [-0.1, -0.05) is 59.8 Å². The largest absolute Gasteiger partial charge is 0.411 e. The summed E-state index contributed by atoms with van der Waals surface area (Å²) in [7, 11) is 0. The molecule has 0 unspecified atom stereocenters. The van der Waals surface area contributed by atoms with Gasteiger partial charge in [0.1, 0.15) is 5.71 Å². The van der Waals surface area contributed by atoms with Crippen LogP contribution >= 0.6 is 0 Å². The minimum Gasteiger partial charge on any atom is -0.411 e. The van der Waals surface area contributed by atoms with Crippen LogP contribution in [0.2, 0.25) is 0 Å². The minimum atomic E-state index is 0.223. The lowest BCUT2D eigenvalue weighted by atomic mass is 10.0. The molecule has 17 heavy (non-hydrogen) atoms. The molecule has 0 atom stereocenters. The lowest BCUT2D eigenvalue weighted by Gasteiger charge is -2.04. The molecule has 0 saturated carbocycles. The molecule has 0 amide bonds. The van der Waals surface area contributed by atoms with Crippen LogP contribution in [-0.2, 0) is 0 Å². The van der Waals surface area contributed by atoms with E-state index in [0.717, 1.165) is 16.7 Å². The molecule has 2 aromatic carbocycles. The fraction of sp³-hybridized carbons (Fsp3) is 0.0714. The number of oxime groups is 1. The highest BCUT2D eigenvalue weighted by Crippen LogP contribution is 2.19. The molecule has 0 aliphatic heterocycles. The number of hydrogen-bond acceptors (Lipinski definition) is 3. The van der Waals surface area contributed by atoms with Crippen molar-refractivity contribution in [2.24, 2.45) is 10.9 Å². The Morgan fingerprint density at radius 2 is 1.53 bits per heavy atom. The van der Waals surface area contributed by atoms with Gasteiger partial charge in [-0.25, -0.2) is 0 Å². The summed E-state index contributed by atoms with van der Waals surface area (Å²) in [4.78, 5) is 0. The van der Waals surface area contributed by atoms with Crippen LogP contribution in [0.1, 0.15) is 5.56 Å². The second-order valence-electron chi connectivity index (χ2n) is 3.69. The van der Waals surface area contributed by atoms with E-state index >= 15 is 0 Å². The molecule has 0 aliphatic rings. The van der Waals surface area contributed by atoms with E-state index in [9.17, 15) is 0 Å². The van der Waals surface area contributed by atoms with Crippen molar-refractivity contribution in [1.82, 2.24) is 0 Å². The van der Waals surface area contributed by atoms with Gasteiger partial charge in [-0.15, -0.1) is 0 Å². The molecular weight excluding hydrogens is 212 g/mol. The predicted molar refractivity (Wildman–Crippen MR) is 69.3 cm³/mol. The summed E-state index contributed by atoms with van der Waals surface area (Å²) >= 11 is 0. The highest BCUT2D eigenvalue weighted by atomic mass is 16.4. The highest BCUT2D eigenvalue weighted by molar-refractivity contribution is 6.01. The van der Waals surface area contributed by atoms with Crippen LogP contribution in [0.3, 0.4) is 0 Å². The Morgan fingerprint density at radius 3 is 2.06 bits per heavy atom. The average Bonchev–Trinajstić information content (AvgIpc) is 2.42. The zero-order valence-corrected chi connectivity index (χ0v) is 9.38. The van der Waals surface area contributed by atoms with Crippen LogP contribution in [0.5, 0.6) is 0 Å². The maximum absolute atomic E-state index is 8.77. The van der Waals surface area contributed by atoms with Crippen molar-refractivity contribution in [3.8, 4) is 11.1 Å². The summed E-state index contributed by atoms with van der Waals surface area (Å²) in [5.74, 6) is 0. The topological polar surface area (TPSA) is 58.6 Å². The molecule has 0 spiro atoms. The van der Waals surface area contributed by atoms with Crippen LogP contribution < -0.4 is 5.73 Å². The van der Waals surface area contributed by atoms with Crippen molar-refractivity contribution < 1.29 is 5.21 Å². The number of benzene rings is 2. The van der Waals surface area contributed by atoms with Crippen LogP contribution in [0.25, 0.3) is 11.1 Å². The van der Waals surface area contributed by atoms with Crippen molar-refractivity contribution >= 4 is 5.71 Å². The summed E-state index contributed by atoms with van der Waals surface area (Å²) in [6.07, 6.45) is 0. The summed E-state index contributed by atoms with van der Waals surface area (Å²) in [5, 5.41) is 11.9. The smallest absolute Gasteiger partial charge is 0.100 e. The van der Waals surface area contributed by atoms with E-state index < -0.39 is 0 Å². The first kappa shape index (κ1) is 11.4. The van der Waals surface area contributed by atoms with E-state index in [1.807, 2.05) is 42.5 Å². The van der Waals surface area contributed by atoms with E-state index in [-0.39, 0.29) is 6.54 Å². The molecule has 2 rings (SSSR count). The summed E-state index contributed by atoms with van der Waals surface area (Å²) in [6, 6.07) is 17.9. The lowest BCUT2D eigenvalue weighted by molar-refractivity contribution is 0.318. The molecule has 86 valence electrons. The number of rotatable bonds is 3. The van der Waals surface area contributed by atoms with Gasteiger partial charge in [0, 0.05) is 12.1 Å². The molecule has 0 fully saturated rings. The predicted octanol–water partition coefficient (Wildman–Crippen LogP) is 2.49. The Labute approximate surface area is 100 Å². The maximum Gasteiger partial charge on any atom is 0.100 e. The Balaban J connectivity index is 2.31. The standard InChI is InChI=1S/C14H14N2O/c15-10-14(16-17)13-8-6-12(7-9-13)11-4-2-1-3-5-11/h1-9,17H,10,15H2. The van der Waals surface area contributed by atoms with Gasteiger partial charge in [-0.3, -0.25) is 0 Å². The molecule has 3 heteroatoms. The zero-order valence-electron chi connectivity index (χ0n) is 9.38. The van der Waals surface area contributed by atoms with E-state index in [1.54, 1.807) is 0 Å². The molecule has 0 aliphatic carbocycles. The SMILES string of the molecule is NCC(=NO)c1ccc(-c2ccccc2)cc1. The first-order valence-corrected chi connectivity index (χ1v) is 5.42. The first-order valence-electron chi connectivity index (χ1n) is 5.42. The number of nitrogens with two attached hydrogens (primary N) is 1. The second kappa shape index (κ2) is 5.27. The number of hydrogen-bond donors (Lipinski definition) is 2. The van der Waals surface area contributed by atoms with Crippen LogP contribution in [-0.4, -0.2) is 17.5 Å². The van der Waals surface area contributed by atoms with Gasteiger partial charge < -0.3 is 10.9 Å². The van der Waals surface area contributed by atoms with Crippen molar-refractivity contribution in [2.45, 2.75) is 0 Å². The highest BCUT2D eigenvalue weighted by Gasteiger charge is 2.02. The van der Waals surface area contributed by atoms with Crippen molar-refractivity contribution in [2.75, 3.05) is 6.54 Å². The van der Waals surface area contributed by atoms with Gasteiger partial charge in [0.25, 0.3) is 0 Å². The normalized spacial score (nSPS) is 11.5. The molecule has 0 radical (unpaired) electrons. The molecular formula is C14H14N2O. The van der Waals surface area contributed by atoms with Gasteiger partial charge in [0.2, 0.25) is 0 Å². The van der Waals surface area contributed by atoms with Gasteiger partial charge >= 0.3 is 0 Å². The quantitative estimate of drug-likeness (QED) is 0.480. The molecule has 0 saturated heterocycles. The first-order chi connectivity index (χ1) is 8.35. The van der Waals surface area contributed by atoms with Crippen LogP contribution in [0.4, 0.5) is 0 Å².